The van der Waals surface area contributed by atoms with Crippen LogP contribution in [0.3, 0.4) is 0 Å². The summed E-state index contributed by atoms with van der Waals surface area (Å²) in [5.41, 5.74) is 6.18. The third-order valence-corrected chi connectivity index (χ3v) is 4.56. The molecule has 0 atom stereocenters. The van der Waals surface area contributed by atoms with Crippen LogP contribution in [0.15, 0.2) is 29.2 Å². The van der Waals surface area contributed by atoms with Gasteiger partial charge in [-0.1, -0.05) is 6.07 Å². The molecule has 0 unspecified atom stereocenters. The maximum absolute atomic E-state index is 5.64. The molecule has 2 N–H and O–H groups in total. The molecule has 0 saturated heterocycles. The molecule has 88 valence electrons. The van der Waals surface area contributed by atoms with Crippen molar-refractivity contribution in [3.8, 4) is 5.75 Å². The number of hydrogen-bond donors (Lipinski definition) is 1. The average Bonchev–Trinajstić information content (AvgIpc) is 3.08. The molecule has 0 radical (unpaired) electrons. The lowest BCUT2D eigenvalue weighted by atomic mass is 10.1. The average molecular weight is 237 g/mol. The molecule has 0 spiro atoms. The van der Waals surface area contributed by atoms with Gasteiger partial charge >= 0.3 is 0 Å². The number of benzene rings is 1. The van der Waals surface area contributed by atoms with Crippen molar-refractivity contribution in [3.63, 3.8) is 0 Å². The molecule has 1 saturated carbocycles. The Hall–Kier alpha value is -0.670. The third kappa shape index (κ3) is 2.92. The summed E-state index contributed by atoms with van der Waals surface area (Å²) in [6.45, 7) is 0.818. The molecule has 1 aromatic carbocycles. The van der Waals surface area contributed by atoms with E-state index in [0.717, 1.165) is 12.3 Å². The molecule has 0 aromatic heterocycles. The van der Waals surface area contributed by atoms with E-state index in [1.54, 1.807) is 7.11 Å². The maximum Gasteiger partial charge on any atom is 0.119 e. The van der Waals surface area contributed by atoms with Gasteiger partial charge in [0.15, 0.2) is 0 Å². The van der Waals surface area contributed by atoms with Gasteiger partial charge in [-0.05, 0) is 49.4 Å². The molecule has 0 amide bonds. The molecule has 2 rings (SSSR count). The van der Waals surface area contributed by atoms with Gasteiger partial charge in [0, 0.05) is 10.6 Å². The minimum atomic E-state index is 0.544. The normalized spacial score (nSPS) is 17.1. The molecule has 1 fully saturated rings. The van der Waals surface area contributed by atoms with Crippen LogP contribution < -0.4 is 10.5 Å². The molecule has 1 aromatic rings. The Morgan fingerprint density at radius 3 is 2.88 bits per heavy atom. The van der Waals surface area contributed by atoms with Gasteiger partial charge in [0.25, 0.3) is 0 Å². The van der Waals surface area contributed by atoms with E-state index >= 15 is 0 Å². The number of hydrogen-bond acceptors (Lipinski definition) is 3. The first-order chi connectivity index (χ1) is 7.78. The predicted octanol–water partition coefficient (Wildman–Crippen LogP) is 2.92. The number of nitrogens with two attached hydrogens (primary N) is 1. The Morgan fingerprint density at radius 1 is 1.44 bits per heavy atom. The number of ether oxygens (including phenoxy) is 1. The summed E-state index contributed by atoms with van der Waals surface area (Å²) in [6.07, 6.45) is 3.87. The summed E-state index contributed by atoms with van der Waals surface area (Å²) in [6, 6.07) is 8.27. The zero-order valence-electron chi connectivity index (χ0n) is 9.74. The summed E-state index contributed by atoms with van der Waals surface area (Å²) in [5, 5.41) is 0. The zero-order valence-corrected chi connectivity index (χ0v) is 10.6. The van der Waals surface area contributed by atoms with Crippen molar-refractivity contribution >= 4 is 11.8 Å². The molecular formula is C13H19NOS. The molecule has 0 heterocycles. The number of thioether (sulfide) groups is 1. The van der Waals surface area contributed by atoms with Crippen molar-refractivity contribution < 1.29 is 4.74 Å². The first-order valence-corrected chi connectivity index (χ1v) is 6.73. The Bertz CT molecular complexity index is 350. The Balaban J connectivity index is 1.89. The van der Waals surface area contributed by atoms with Gasteiger partial charge in [-0.3, -0.25) is 0 Å². The third-order valence-electron chi connectivity index (χ3n) is 3.22. The second-order valence-electron chi connectivity index (χ2n) is 4.51. The second-order valence-corrected chi connectivity index (χ2v) is 5.56. The first-order valence-electron chi connectivity index (χ1n) is 5.75. The number of methoxy groups -OCH3 is 1. The topological polar surface area (TPSA) is 35.2 Å². The fraction of sp³-hybridized carbons (Fsp3) is 0.538. The minimum Gasteiger partial charge on any atom is -0.497 e. The van der Waals surface area contributed by atoms with E-state index in [4.69, 9.17) is 10.5 Å². The van der Waals surface area contributed by atoms with Crippen LogP contribution in [0.25, 0.3) is 0 Å². The highest BCUT2D eigenvalue weighted by Gasteiger charge is 2.41. The smallest absolute Gasteiger partial charge is 0.119 e. The minimum absolute atomic E-state index is 0.544. The van der Waals surface area contributed by atoms with Crippen molar-refractivity contribution in [2.75, 3.05) is 19.4 Å². The highest BCUT2D eigenvalue weighted by Crippen LogP contribution is 2.51. The van der Waals surface area contributed by atoms with Crippen LogP contribution in [0.4, 0.5) is 0 Å². The highest BCUT2D eigenvalue weighted by atomic mass is 32.2. The van der Waals surface area contributed by atoms with Gasteiger partial charge in [0.05, 0.1) is 7.11 Å². The van der Waals surface area contributed by atoms with Gasteiger partial charge in [-0.25, -0.2) is 0 Å². The Labute approximate surface area is 102 Å². The molecule has 0 aliphatic heterocycles. The van der Waals surface area contributed by atoms with E-state index < -0.39 is 0 Å². The van der Waals surface area contributed by atoms with Crippen LogP contribution in [0.1, 0.15) is 19.3 Å². The van der Waals surface area contributed by atoms with Crippen LogP contribution in [0.2, 0.25) is 0 Å². The van der Waals surface area contributed by atoms with Crippen LogP contribution >= 0.6 is 11.8 Å². The Kier molecular flexibility index (Phi) is 3.77. The largest absolute Gasteiger partial charge is 0.497 e. The van der Waals surface area contributed by atoms with Gasteiger partial charge in [0.1, 0.15) is 5.75 Å². The predicted molar refractivity (Wildman–Crippen MR) is 69.1 cm³/mol. The second kappa shape index (κ2) is 5.11. The van der Waals surface area contributed by atoms with Crippen molar-refractivity contribution in [1.82, 2.24) is 0 Å². The lowest BCUT2D eigenvalue weighted by Crippen LogP contribution is -2.11. The van der Waals surface area contributed by atoms with Crippen molar-refractivity contribution in [2.24, 2.45) is 11.1 Å². The van der Waals surface area contributed by atoms with E-state index in [1.165, 1.54) is 29.9 Å². The summed E-state index contributed by atoms with van der Waals surface area (Å²) >= 11 is 1.92. The zero-order chi connectivity index (χ0) is 11.4. The van der Waals surface area contributed by atoms with Gasteiger partial charge in [0.2, 0.25) is 0 Å². The van der Waals surface area contributed by atoms with Gasteiger partial charge < -0.3 is 10.5 Å². The van der Waals surface area contributed by atoms with Gasteiger partial charge in [-0.2, -0.15) is 0 Å². The van der Waals surface area contributed by atoms with Crippen LogP contribution in [-0.2, 0) is 0 Å². The molecular weight excluding hydrogens is 218 g/mol. The van der Waals surface area contributed by atoms with E-state index in [1.807, 2.05) is 23.9 Å². The fourth-order valence-electron chi connectivity index (χ4n) is 1.88. The van der Waals surface area contributed by atoms with E-state index in [9.17, 15) is 0 Å². The molecule has 2 nitrogen and oxygen atoms in total. The first kappa shape index (κ1) is 11.8. The Morgan fingerprint density at radius 2 is 2.25 bits per heavy atom. The lowest BCUT2D eigenvalue weighted by molar-refractivity contribution is 0.413. The van der Waals surface area contributed by atoms with Crippen LogP contribution in [-0.4, -0.2) is 19.4 Å². The molecule has 1 aliphatic rings. The quantitative estimate of drug-likeness (QED) is 0.773. The van der Waals surface area contributed by atoms with Crippen molar-refractivity contribution in [2.45, 2.75) is 24.2 Å². The standard InChI is InChI=1S/C13H19NOS/c1-15-11-3-2-4-12(9-11)16-10-13(5-6-13)7-8-14/h2-4,9H,5-8,10,14H2,1H3. The highest BCUT2D eigenvalue weighted by molar-refractivity contribution is 7.99. The maximum atomic E-state index is 5.64. The van der Waals surface area contributed by atoms with Crippen LogP contribution in [0.5, 0.6) is 5.75 Å². The summed E-state index contributed by atoms with van der Waals surface area (Å²) in [7, 11) is 1.71. The number of rotatable bonds is 6. The van der Waals surface area contributed by atoms with Crippen molar-refractivity contribution in [3.05, 3.63) is 24.3 Å². The summed E-state index contributed by atoms with van der Waals surface area (Å²) in [5.74, 6) is 2.13. The lowest BCUT2D eigenvalue weighted by Gasteiger charge is -2.13. The van der Waals surface area contributed by atoms with Crippen LogP contribution in [0, 0.1) is 5.41 Å². The summed E-state index contributed by atoms with van der Waals surface area (Å²) in [4.78, 5) is 1.29. The summed E-state index contributed by atoms with van der Waals surface area (Å²) < 4.78 is 5.22. The van der Waals surface area contributed by atoms with E-state index in [2.05, 4.69) is 12.1 Å². The molecule has 16 heavy (non-hydrogen) atoms. The van der Waals surface area contributed by atoms with Crippen molar-refractivity contribution in [1.29, 1.82) is 0 Å². The molecule has 0 bridgehead atoms. The van der Waals surface area contributed by atoms with E-state index in [-0.39, 0.29) is 0 Å². The molecule has 1 aliphatic carbocycles. The monoisotopic (exact) mass is 237 g/mol. The fourth-order valence-corrected chi connectivity index (χ4v) is 3.16. The van der Waals surface area contributed by atoms with Gasteiger partial charge in [-0.15, -0.1) is 11.8 Å². The molecule has 3 heteroatoms. The van der Waals surface area contributed by atoms with E-state index in [0.29, 0.717) is 5.41 Å². The SMILES string of the molecule is COc1cccc(SCC2(CCN)CC2)c1.